The number of aliphatic hydroxyl groups is 1. The Morgan fingerprint density at radius 1 is 1.17 bits per heavy atom. The molecule has 0 saturated heterocycles. The summed E-state index contributed by atoms with van der Waals surface area (Å²) >= 11 is 0. The monoisotopic (exact) mass is 404 g/mol. The molecule has 0 saturated carbocycles. The molecule has 0 aliphatic heterocycles. The van der Waals surface area contributed by atoms with Crippen molar-refractivity contribution < 1.29 is 14.6 Å². The van der Waals surface area contributed by atoms with E-state index in [0.29, 0.717) is 28.1 Å². The molecular formula is C22H20N4O4. The number of methoxy groups -OCH3 is 1. The van der Waals surface area contributed by atoms with Gasteiger partial charge in [0.1, 0.15) is 16.9 Å². The van der Waals surface area contributed by atoms with E-state index in [2.05, 4.69) is 20.3 Å². The zero-order valence-corrected chi connectivity index (χ0v) is 16.2. The first-order chi connectivity index (χ1) is 14.6. The van der Waals surface area contributed by atoms with Crippen LogP contribution in [0.5, 0.6) is 0 Å². The number of pyridine rings is 1. The van der Waals surface area contributed by atoms with Crippen LogP contribution in [0.2, 0.25) is 0 Å². The average molecular weight is 404 g/mol. The molecule has 0 aliphatic rings. The first-order valence-electron chi connectivity index (χ1n) is 9.34. The number of hydrogen-bond acceptors (Lipinski definition) is 6. The number of imidazole rings is 1. The number of carbonyl (C=O) groups is 1. The predicted molar refractivity (Wildman–Crippen MR) is 113 cm³/mol. The molecule has 30 heavy (non-hydrogen) atoms. The summed E-state index contributed by atoms with van der Waals surface area (Å²) in [4.78, 5) is 34.8. The number of fused-ring (bicyclic) bond motifs is 1. The van der Waals surface area contributed by atoms with Gasteiger partial charge in [0.25, 0.3) is 5.56 Å². The van der Waals surface area contributed by atoms with Crippen molar-refractivity contribution in [1.82, 2.24) is 15.0 Å². The van der Waals surface area contributed by atoms with Gasteiger partial charge in [-0.1, -0.05) is 36.4 Å². The molecule has 2 aromatic carbocycles. The van der Waals surface area contributed by atoms with Crippen LogP contribution in [0.1, 0.15) is 22.0 Å². The largest absolute Gasteiger partial charge is 0.465 e. The van der Waals surface area contributed by atoms with Crippen molar-refractivity contribution in [3.05, 3.63) is 82.3 Å². The van der Waals surface area contributed by atoms with Crippen LogP contribution in [0.25, 0.3) is 22.4 Å². The number of anilines is 1. The third-order valence-corrected chi connectivity index (χ3v) is 4.79. The number of benzene rings is 2. The minimum atomic E-state index is -0.750. The van der Waals surface area contributed by atoms with Crippen molar-refractivity contribution in [1.29, 1.82) is 0 Å². The van der Waals surface area contributed by atoms with E-state index in [1.54, 1.807) is 24.3 Å². The maximum atomic E-state index is 12.6. The number of esters is 1. The number of aliphatic hydroxyl groups excluding tert-OH is 1. The van der Waals surface area contributed by atoms with Gasteiger partial charge in [-0.2, -0.15) is 0 Å². The Kier molecular flexibility index (Phi) is 5.32. The van der Waals surface area contributed by atoms with Crippen LogP contribution in [0.15, 0.2) is 65.6 Å². The Bertz CT molecular complexity index is 1250. The minimum absolute atomic E-state index is 0.202. The van der Waals surface area contributed by atoms with Crippen LogP contribution in [0.4, 0.5) is 5.69 Å². The fourth-order valence-corrected chi connectivity index (χ4v) is 3.29. The summed E-state index contributed by atoms with van der Waals surface area (Å²) < 4.78 is 4.81. The number of H-pyrrole nitrogens is 2. The maximum Gasteiger partial charge on any atom is 0.340 e. The van der Waals surface area contributed by atoms with Crippen LogP contribution in [0.3, 0.4) is 0 Å². The zero-order chi connectivity index (χ0) is 21.1. The summed E-state index contributed by atoms with van der Waals surface area (Å²) in [5.41, 5.74) is 2.52. The lowest BCUT2D eigenvalue weighted by Crippen LogP contribution is -2.17. The number of nitrogens with one attached hydrogen (secondary N) is 3. The van der Waals surface area contributed by atoms with Gasteiger partial charge in [0.2, 0.25) is 0 Å². The normalized spacial score (nSPS) is 11.9. The highest BCUT2D eigenvalue weighted by atomic mass is 16.5. The van der Waals surface area contributed by atoms with Crippen molar-refractivity contribution in [2.75, 3.05) is 19.0 Å². The molecule has 2 heterocycles. The Hall–Kier alpha value is -3.91. The Morgan fingerprint density at radius 3 is 2.73 bits per heavy atom. The lowest BCUT2D eigenvalue weighted by atomic mass is 10.1. The highest BCUT2D eigenvalue weighted by Gasteiger charge is 2.19. The molecule has 8 nitrogen and oxygen atoms in total. The van der Waals surface area contributed by atoms with Crippen LogP contribution in [0, 0.1) is 0 Å². The van der Waals surface area contributed by atoms with Gasteiger partial charge in [-0.05, 0) is 23.8 Å². The summed E-state index contributed by atoms with van der Waals surface area (Å²) in [6.45, 7) is 0.202. The second kappa shape index (κ2) is 8.22. The van der Waals surface area contributed by atoms with E-state index in [-0.39, 0.29) is 17.7 Å². The molecule has 1 unspecified atom stereocenters. The van der Waals surface area contributed by atoms with Gasteiger partial charge in [-0.15, -0.1) is 0 Å². The third-order valence-electron chi connectivity index (χ3n) is 4.79. The summed E-state index contributed by atoms with van der Waals surface area (Å²) in [5, 5.41) is 13.6. The standard InChI is InChI=1S/C22H20N4O4/c1-30-22(29)14-8-5-9-16-19(14)26-20(25-16)18-15(10-11-23-21(18)28)24-12-17(27)13-6-3-2-4-7-13/h2-11,17,27H,12H2,1H3,(H,25,26)(H2,23,24,28). The molecular weight excluding hydrogens is 384 g/mol. The molecule has 0 bridgehead atoms. The van der Waals surface area contributed by atoms with Crippen molar-refractivity contribution in [2.45, 2.75) is 6.10 Å². The third kappa shape index (κ3) is 3.68. The molecule has 0 spiro atoms. The quantitative estimate of drug-likeness (QED) is 0.367. The fraction of sp³-hybridized carbons (Fsp3) is 0.136. The summed E-state index contributed by atoms with van der Waals surface area (Å²) in [5.74, 6) is -0.204. The second-order valence-corrected chi connectivity index (χ2v) is 6.68. The highest BCUT2D eigenvalue weighted by Crippen LogP contribution is 2.26. The molecule has 1 atom stereocenters. The van der Waals surface area contributed by atoms with Gasteiger partial charge < -0.3 is 25.1 Å². The lowest BCUT2D eigenvalue weighted by Gasteiger charge is -2.14. The predicted octanol–water partition coefficient (Wildman–Crippen LogP) is 2.85. The molecule has 2 aromatic heterocycles. The number of hydrogen-bond donors (Lipinski definition) is 4. The molecule has 0 aliphatic carbocycles. The number of nitrogens with zero attached hydrogens (tertiary/aromatic N) is 1. The van der Waals surface area contributed by atoms with Crippen LogP contribution >= 0.6 is 0 Å². The van der Waals surface area contributed by atoms with E-state index in [9.17, 15) is 14.7 Å². The molecule has 4 aromatic rings. The number of para-hydroxylation sites is 1. The van der Waals surface area contributed by atoms with E-state index in [4.69, 9.17) is 4.74 Å². The van der Waals surface area contributed by atoms with Gasteiger partial charge in [0.15, 0.2) is 0 Å². The van der Waals surface area contributed by atoms with Crippen molar-refractivity contribution in [2.24, 2.45) is 0 Å². The molecule has 4 N–H and O–H groups in total. The Balaban J connectivity index is 1.70. The Labute approximate surface area is 171 Å². The van der Waals surface area contributed by atoms with Gasteiger partial charge in [0.05, 0.1) is 30.0 Å². The average Bonchev–Trinajstić information content (AvgIpc) is 3.21. The van der Waals surface area contributed by atoms with Gasteiger partial charge in [-0.25, -0.2) is 9.78 Å². The Morgan fingerprint density at radius 2 is 1.97 bits per heavy atom. The smallest absolute Gasteiger partial charge is 0.340 e. The van der Waals surface area contributed by atoms with Crippen molar-refractivity contribution in [3.63, 3.8) is 0 Å². The summed E-state index contributed by atoms with van der Waals surface area (Å²) in [6.07, 6.45) is 0.769. The summed E-state index contributed by atoms with van der Waals surface area (Å²) in [6, 6.07) is 16.0. The van der Waals surface area contributed by atoms with Crippen LogP contribution in [-0.4, -0.2) is 39.7 Å². The molecule has 8 heteroatoms. The van der Waals surface area contributed by atoms with Gasteiger partial charge in [0, 0.05) is 12.7 Å². The SMILES string of the molecule is COC(=O)c1cccc2[nH]c(-c3c(NCC(O)c4ccccc4)cc[nH]c3=O)nc12. The van der Waals surface area contributed by atoms with Crippen LogP contribution in [-0.2, 0) is 4.74 Å². The van der Waals surface area contributed by atoms with Gasteiger partial charge in [-0.3, -0.25) is 4.79 Å². The first-order valence-corrected chi connectivity index (χ1v) is 9.34. The van der Waals surface area contributed by atoms with E-state index < -0.39 is 12.1 Å². The number of rotatable bonds is 6. The molecule has 0 radical (unpaired) electrons. The number of carbonyl (C=O) groups excluding carboxylic acids is 1. The van der Waals surface area contributed by atoms with E-state index in [0.717, 1.165) is 5.56 Å². The molecule has 4 rings (SSSR count). The lowest BCUT2D eigenvalue weighted by molar-refractivity contribution is 0.0603. The number of aromatic amines is 2. The van der Waals surface area contributed by atoms with E-state index in [1.807, 2.05) is 30.3 Å². The molecule has 0 fully saturated rings. The van der Waals surface area contributed by atoms with E-state index >= 15 is 0 Å². The molecule has 0 amide bonds. The zero-order valence-electron chi connectivity index (χ0n) is 16.2. The highest BCUT2D eigenvalue weighted by molar-refractivity contribution is 6.02. The van der Waals surface area contributed by atoms with Crippen molar-refractivity contribution >= 4 is 22.7 Å². The molecule has 152 valence electrons. The van der Waals surface area contributed by atoms with Gasteiger partial charge >= 0.3 is 5.97 Å². The minimum Gasteiger partial charge on any atom is -0.465 e. The number of ether oxygens (including phenoxy) is 1. The fourth-order valence-electron chi connectivity index (χ4n) is 3.29. The first kappa shape index (κ1) is 19.4. The van der Waals surface area contributed by atoms with E-state index in [1.165, 1.54) is 13.3 Å². The van der Waals surface area contributed by atoms with Crippen LogP contribution < -0.4 is 10.9 Å². The topological polar surface area (TPSA) is 120 Å². The van der Waals surface area contributed by atoms with Crippen molar-refractivity contribution in [3.8, 4) is 11.4 Å². The number of aromatic nitrogens is 3. The maximum absolute atomic E-state index is 12.6. The second-order valence-electron chi connectivity index (χ2n) is 6.68. The summed E-state index contributed by atoms with van der Waals surface area (Å²) in [7, 11) is 1.30.